The minimum atomic E-state index is -2.01. The standard InChI is InChI=1S/C45H84O7Si2/c1-15-24-36(12)50-45(14)30-29-38(51-53(17-3,18-4)19-5)32-42(47)49-43(35(11)27-28-41(45)46)34(10)26-23-25-33(9)31-40-44(48-40)37(13)39(16-2)52-54(20-6,21-7)22-8/h23,25-28,33,35-41,43-44,46H,15-22,24,29-32H2,1-14H3/t33-,35+,36?,37-,38-,39+,40-,41+,43-,44-,45-/m1/s1. The predicted molar refractivity (Wildman–Crippen MR) is 231 cm³/mol. The maximum Gasteiger partial charge on any atom is 0.308 e. The van der Waals surface area contributed by atoms with Crippen molar-refractivity contribution in [3.8, 4) is 0 Å². The molecule has 7 nitrogen and oxygen atoms in total. The largest absolute Gasteiger partial charge is 0.457 e. The average molecular weight is 793 g/mol. The zero-order valence-electron chi connectivity index (χ0n) is 37.2. The number of cyclic esters (lactones) is 1. The molecule has 0 bridgehead atoms. The average Bonchev–Trinajstić information content (AvgIpc) is 3.92. The fourth-order valence-electron chi connectivity index (χ4n) is 8.62. The van der Waals surface area contributed by atoms with Gasteiger partial charge in [0, 0.05) is 17.9 Å². The van der Waals surface area contributed by atoms with Gasteiger partial charge in [-0.2, -0.15) is 0 Å². The third-order valence-electron chi connectivity index (χ3n) is 13.1. The molecule has 0 saturated carbocycles. The van der Waals surface area contributed by atoms with Crippen LogP contribution in [0.1, 0.15) is 142 Å². The van der Waals surface area contributed by atoms with Gasteiger partial charge >= 0.3 is 5.97 Å². The molecule has 9 heteroatoms. The highest BCUT2D eigenvalue weighted by molar-refractivity contribution is 6.74. The Morgan fingerprint density at radius 1 is 0.981 bits per heavy atom. The van der Waals surface area contributed by atoms with E-state index < -0.39 is 34.4 Å². The van der Waals surface area contributed by atoms with Crippen LogP contribution in [0.2, 0.25) is 36.3 Å². The van der Waals surface area contributed by atoms with Gasteiger partial charge < -0.3 is 28.2 Å². The lowest BCUT2D eigenvalue weighted by atomic mass is 9.88. The highest BCUT2D eigenvalue weighted by Gasteiger charge is 2.47. The quantitative estimate of drug-likeness (QED) is 0.0384. The van der Waals surface area contributed by atoms with E-state index in [1.165, 1.54) is 18.1 Å². The number of carbonyl (C=O) groups excluding carboxylic acids is 1. The van der Waals surface area contributed by atoms with Crippen LogP contribution in [0.5, 0.6) is 0 Å². The van der Waals surface area contributed by atoms with E-state index in [-0.39, 0.29) is 48.8 Å². The van der Waals surface area contributed by atoms with E-state index in [0.29, 0.717) is 24.7 Å². The van der Waals surface area contributed by atoms with E-state index in [9.17, 15) is 9.90 Å². The molecule has 1 fully saturated rings. The molecule has 1 unspecified atom stereocenters. The van der Waals surface area contributed by atoms with Gasteiger partial charge in [0.25, 0.3) is 0 Å². The fourth-order valence-corrected chi connectivity index (χ4v) is 14.6. The highest BCUT2D eigenvalue weighted by Crippen LogP contribution is 2.39. The molecule has 0 aromatic rings. The zero-order valence-corrected chi connectivity index (χ0v) is 39.2. The molecular formula is C45H84O7Si2. The first-order valence-electron chi connectivity index (χ1n) is 22.1. The number of hydrogen-bond donors (Lipinski definition) is 1. The molecule has 0 aromatic heterocycles. The van der Waals surface area contributed by atoms with E-state index in [0.717, 1.165) is 49.4 Å². The molecule has 0 aliphatic carbocycles. The smallest absolute Gasteiger partial charge is 0.308 e. The van der Waals surface area contributed by atoms with Crippen LogP contribution in [0.15, 0.2) is 36.0 Å². The molecule has 0 amide bonds. The predicted octanol–water partition coefficient (Wildman–Crippen LogP) is 11.7. The lowest BCUT2D eigenvalue weighted by Gasteiger charge is -2.39. The Kier molecular flexibility index (Phi) is 21.2. The fraction of sp³-hybridized carbons (Fsp3) is 0.844. The van der Waals surface area contributed by atoms with Crippen molar-refractivity contribution < 1.29 is 33.0 Å². The number of rotatable bonds is 22. The van der Waals surface area contributed by atoms with Gasteiger partial charge in [-0.05, 0) is 101 Å². The number of hydrogen-bond acceptors (Lipinski definition) is 7. The summed E-state index contributed by atoms with van der Waals surface area (Å²) in [4.78, 5) is 13.7. The Hall–Kier alpha value is -1.08. The number of allylic oxidation sites excluding steroid dienone is 3. The third kappa shape index (κ3) is 14.4. The van der Waals surface area contributed by atoms with Gasteiger partial charge in [0.1, 0.15) is 12.2 Å². The van der Waals surface area contributed by atoms with Crippen LogP contribution in [0.3, 0.4) is 0 Å². The minimum absolute atomic E-state index is 0.0115. The molecule has 2 heterocycles. The van der Waals surface area contributed by atoms with E-state index in [2.05, 4.69) is 101 Å². The van der Waals surface area contributed by atoms with Gasteiger partial charge in [-0.25, -0.2) is 0 Å². The summed E-state index contributed by atoms with van der Waals surface area (Å²) in [6, 6.07) is 6.52. The van der Waals surface area contributed by atoms with Crippen LogP contribution >= 0.6 is 0 Å². The Morgan fingerprint density at radius 3 is 2.15 bits per heavy atom. The van der Waals surface area contributed by atoms with Crippen molar-refractivity contribution in [1.29, 1.82) is 0 Å². The number of epoxide rings is 1. The van der Waals surface area contributed by atoms with Crippen LogP contribution in [0.25, 0.3) is 0 Å². The lowest BCUT2D eigenvalue weighted by Crippen LogP contribution is -2.46. The molecule has 314 valence electrons. The van der Waals surface area contributed by atoms with Crippen LogP contribution in [-0.2, 0) is 27.9 Å². The molecular weight excluding hydrogens is 709 g/mol. The van der Waals surface area contributed by atoms with Crippen molar-refractivity contribution in [3.05, 3.63) is 36.0 Å². The summed E-state index contributed by atoms with van der Waals surface area (Å²) < 4.78 is 33.0. The van der Waals surface area contributed by atoms with Crippen molar-refractivity contribution in [2.45, 2.75) is 226 Å². The second-order valence-electron chi connectivity index (χ2n) is 17.2. The van der Waals surface area contributed by atoms with Crippen LogP contribution in [0.4, 0.5) is 0 Å². The number of esters is 1. The van der Waals surface area contributed by atoms with E-state index >= 15 is 0 Å². The zero-order chi connectivity index (χ0) is 40.7. The first-order chi connectivity index (χ1) is 25.5. The lowest BCUT2D eigenvalue weighted by molar-refractivity contribution is -0.153. The highest BCUT2D eigenvalue weighted by atomic mass is 28.4. The van der Waals surface area contributed by atoms with E-state index in [1.54, 1.807) is 0 Å². The monoisotopic (exact) mass is 793 g/mol. The molecule has 0 radical (unpaired) electrons. The second-order valence-corrected chi connectivity index (χ2v) is 26.6. The number of ether oxygens (including phenoxy) is 3. The number of aliphatic hydroxyl groups is 1. The normalized spacial score (nSPS) is 30.0. The van der Waals surface area contributed by atoms with E-state index in [4.69, 9.17) is 23.1 Å². The van der Waals surface area contributed by atoms with Crippen molar-refractivity contribution in [2.24, 2.45) is 17.8 Å². The number of carbonyl (C=O) groups is 1. The van der Waals surface area contributed by atoms with Crippen LogP contribution < -0.4 is 0 Å². The topological polar surface area (TPSA) is 86.8 Å². The van der Waals surface area contributed by atoms with Crippen molar-refractivity contribution in [3.63, 3.8) is 0 Å². The van der Waals surface area contributed by atoms with Gasteiger partial charge in [-0.1, -0.05) is 113 Å². The molecule has 0 spiro atoms. The Morgan fingerprint density at radius 2 is 1.59 bits per heavy atom. The third-order valence-corrected chi connectivity index (χ3v) is 22.5. The molecule has 1 saturated heterocycles. The van der Waals surface area contributed by atoms with Crippen LogP contribution in [0, 0.1) is 17.8 Å². The second kappa shape index (κ2) is 23.4. The summed E-state index contributed by atoms with van der Waals surface area (Å²) in [6.45, 7) is 30.7. The summed E-state index contributed by atoms with van der Waals surface area (Å²) in [5.74, 6) is 0.340. The Balaban J connectivity index is 2.25. The first kappa shape index (κ1) is 49.1. The molecule has 1 N–H and O–H groups in total. The van der Waals surface area contributed by atoms with Gasteiger partial charge in [0.05, 0.1) is 36.4 Å². The number of aliphatic hydroxyl groups excluding tert-OH is 1. The Labute approximate surface area is 334 Å². The van der Waals surface area contributed by atoms with Gasteiger partial charge in [0.2, 0.25) is 0 Å². The minimum Gasteiger partial charge on any atom is -0.457 e. The SMILES string of the molecule is CCCC(C)O[C@]1(C)CC[C@@H](O[Si](CC)(CC)CC)CC(=O)O[C@H](C(C)=CC=C[C@@H](C)C[C@H]2O[C@@H]2[C@H](C)[C@H](CC)O[Si](CC)(CC)CC)[C@@H](C)C=C[C@@H]1O. The summed E-state index contributed by atoms with van der Waals surface area (Å²) in [5, 5.41) is 11.6. The molecule has 2 aliphatic rings. The molecule has 2 rings (SSSR count). The van der Waals surface area contributed by atoms with Gasteiger partial charge in [0.15, 0.2) is 16.6 Å². The van der Waals surface area contributed by atoms with Crippen molar-refractivity contribution in [1.82, 2.24) is 0 Å². The maximum atomic E-state index is 13.7. The summed E-state index contributed by atoms with van der Waals surface area (Å²) >= 11 is 0. The first-order valence-corrected chi connectivity index (χ1v) is 27.2. The molecule has 0 aromatic carbocycles. The van der Waals surface area contributed by atoms with Gasteiger partial charge in [-0.3, -0.25) is 4.79 Å². The summed E-state index contributed by atoms with van der Waals surface area (Å²) in [6.07, 6.45) is 14.8. The van der Waals surface area contributed by atoms with Crippen molar-refractivity contribution in [2.75, 3.05) is 0 Å². The van der Waals surface area contributed by atoms with Crippen molar-refractivity contribution >= 4 is 22.6 Å². The van der Waals surface area contributed by atoms with Crippen LogP contribution in [-0.4, -0.2) is 76.0 Å². The molecule has 54 heavy (non-hydrogen) atoms. The summed E-state index contributed by atoms with van der Waals surface area (Å²) in [7, 11) is -3.69. The molecule has 11 atom stereocenters. The van der Waals surface area contributed by atoms with E-state index in [1.807, 2.05) is 26.0 Å². The molecule has 2 aliphatic heterocycles. The Bertz CT molecular complexity index is 1160. The van der Waals surface area contributed by atoms with Gasteiger partial charge in [-0.15, -0.1) is 0 Å². The summed E-state index contributed by atoms with van der Waals surface area (Å²) in [5.41, 5.74) is 0.165. The maximum absolute atomic E-state index is 13.7.